The molecule has 8 heteroatoms. The highest BCUT2D eigenvalue weighted by molar-refractivity contribution is 6.02. The molecular formula is C23H32N4O4. The number of ether oxygens (including phenoxy) is 1. The van der Waals surface area contributed by atoms with E-state index in [0.29, 0.717) is 30.7 Å². The molecule has 0 unspecified atom stereocenters. The van der Waals surface area contributed by atoms with E-state index < -0.39 is 0 Å². The van der Waals surface area contributed by atoms with E-state index in [1.165, 1.54) is 6.26 Å². The first kappa shape index (κ1) is 22.8. The summed E-state index contributed by atoms with van der Waals surface area (Å²) in [5.41, 5.74) is 1.53. The van der Waals surface area contributed by atoms with Gasteiger partial charge in [-0.1, -0.05) is 26.0 Å². The fraction of sp³-hybridized carbons (Fsp3) is 0.478. The molecule has 1 atom stereocenters. The minimum Gasteiger partial charge on any atom is -0.459 e. The molecule has 8 nitrogen and oxygen atoms in total. The van der Waals surface area contributed by atoms with E-state index in [-0.39, 0.29) is 17.7 Å². The van der Waals surface area contributed by atoms with Crippen molar-refractivity contribution >= 4 is 17.6 Å². The summed E-state index contributed by atoms with van der Waals surface area (Å²) >= 11 is 0. The number of benzene rings is 1. The SMILES string of the molecule is CC(C)C[C@H](CNC(=O)NCc1cccc(NC(=O)c2ccco2)c1)N1CCOCC1. The predicted octanol–water partition coefficient (Wildman–Crippen LogP) is 3.08. The van der Waals surface area contributed by atoms with E-state index in [4.69, 9.17) is 9.15 Å². The Balaban J connectivity index is 1.46. The minimum absolute atomic E-state index is 0.202. The number of furan rings is 1. The first-order valence-electron chi connectivity index (χ1n) is 10.8. The number of amides is 3. The van der Waals surface area contributed by atoms with Gasteiger partial charge in [0.25, 0.3) is 5.91 Å². The summed E-state index contributed by atoms with van der Waals surface area (Å²) in [7, 11) is 0. The van der Waals surface area contributed by atoms with Gasteiger partial charge in [-0.3, -0.25) is 9.69 Å². The van der Waals surface area contributed by atoms with Crippen LogP contribution in [-0.4, -0.2) is 55.7 Å². The second kappa shape index (κ2) is 11.5. The summed E-state index contributed by atoms with van der Waals surface area (Å²) in [6, 6.07) is 10.7. The van der Waals surface area contributed by atoms with Crippen molar-refractivity contribution in [2.45, 2.75) is 32.9 Å². The van der Waals surface area contributed by atoms with E-state index >= 15 is 0 Å². The molecule has 1 aromatic carbocycles. The lowest BCUT2D eigenvalue weighted by Gasteiger charge is -2.35. The van der Waals surface area contributed by atoms with E-state index in [1.54, 1.807) is 18.2 Å². The van der Waals surface area contributed by atoms with Crippen molar-refractivity contribution in [2.75, 3.05) is 38.2 Å². The summed E-state index contributed by atoms with van der Waals surface area (Å²) in [5, 5.41) is 8.69. The Hall–Kier alpha value is -2.84. The number of rotatable bonds is 9. The van der Waals surface area contributed by atoms with Crippen LogP contribution in [0, 0.1) is 5.92 Å². The average Bonchev–Trinajstić information content (AvgIpc) is 3.31. The third-order valence-electron chi connectivity index (χ3n) is 5.19. The van der Waals surface area contributed by atoms with E-state index in [2.05, 4.69) is 34.7 Å². The van der Waals surface area contributed by atoms with Crippen molar-refractivity contribution in [3.05, 3.63) is 54.0 Å². The van der Waals surface area contributed by atoms with Crippen LogP contribution in [0.15, 0.2) is 47.1 Å². The molecule has 1 aliphatic heterocycles. The van der Waals surface area contributed by atoms with Crippen LogP contribution in [0.1, 0.15) is 36.4 Å². The molecular weight excluding hydrogens is 396 g/mol. The van der Waals surface area contributed by atoms with Gasteiger partial charge in [-0.25, -0.2) is 4.79 Å². The van der Waals surface area contributed by atoms with Gasteiger partial charge in [-0.05, 0) is 42.2 Å². The highest BCUT2D eigenvalue weighted by Gasteiger charge is 2.22. The van der Waals surface area contributed by atoms with Crippen LogP contribution >= 0.6 is 0 Å². The number of nitrogens with zero attached hydrogens (tertiary/aromatic N) is 1. The standard InChI is InChI=1S/C23H32N4O4/c1-17(2)13-20(27-8-11-30-12-9-27)16-25-23(29)24-15-18-5-3-6-19(14-18)26-22(28)21-7-4-10-31-21/h3-7,10,14,17,20H,8-9,11-13,15-16H2,1-2H3,(H,26,28)(H2,24,25,29)/t20-/m1/s1. The van der Waals surface area contributed by atoms with Gasteiger partial charge in [0.15, 0.2) is 5.76 Å². The molecule has 0 aliphatic carbocycles. The molecule has 2 heterocycles. The Kier molecular flexibility index (Phi) is 8.49. The molecule has 1 fully saturated rings. The molecule has 0 bridgehead atoms. The molecule has 1 aliphatic rings. The molecule has 1 aromatic heterocycles. The van der Waals surface area contributed by atoms with Crippen LogP contribution in [0.2, 0.25) is 0 Å². The second-order valence-corrected chi connectivity index (χ2v) is 8.13. The van der Waals surface area contributed by atoms with Gasteiger partial charge in [0.2, 0.25) is 0 Å². The lowest BCUT2D eigenvalue weighted by atomic mass is 10.0. The molecule has 2 aromatic rings. The first-order valence-corrected chi connectivity index (χ1v) is 10.8. The largest absolute Gasteiger partial charge is 0.459 e. The van der Waals surface area contributed by atoms with Gasteiger partial charge in [0, 0.05) is 37.9 Å². The summed E-state index contributed by atoms with van der Waals surface area (Å²) in [4.78, 5) is 26.9. The van der Waals surface area contributed by atoms with Gasteiger partial charge in [0.05, 0.1) is 19.5 Å². The third-order valence-corrected chi connectivity index (χ3v) is 5.19. The molecule has 0 saturated carbocycles. The predicted molar refractivity (Wildman–Crippen MR) is 119 cm³/mol. The van der Waals surface area contributed by atoms with Crippen molar-refractivity contribution in [3.63, 3.8) is 0 Å². The Morgan fingerprint density at radius 2 is 1.90 bits per heavy atom. The normalized spacial score (nSPS) is 15.5. The number of carbonyl (C=O) groups excluding carboxylic acids is 2. The molecule has 3 N–H and O–H groups in total. The Morgan fingerprint density at radius 1 is 1.10 bits per heavy atom. The molecule has 0 radical (unpaired) electrons. The Morgan fingerprint density at radius 3 is 2.61 bits per heavy atom. The molecule has 168 valence electrons. The molecule has 1 saturated heterocycles. The number of anilines is 1. The number of nitrogens with one attached hydrogen (secondary N) is 3. The van der Waals surface area contributed by atoms with Crippen LogP contribution < -0.4 is 16.0 Å². The Bertz CT molecular complexity index is 832. The summed E-state index contributed by atoms with van der Waals surface area (Å²) in [6.07, 6.45) is 2.48. The molecule has 31 heavy (non-hydrogen) atoms. The lowest BCUT2D eigenvalue weighted by molar-refractivity contribution is 0.0129. The van der Waals surface area contributed by atoms with Gasteiger partial charge in [0.1, 0.15) is 0 Å². The topological polar surface area (TPSA) is 95.8 Å². The van der Waals surface area contributed by atoms with Crippen molar-refractivity contribution in [1.82, 2.24) is 15.5 Å². The molecule has 3 rings (SSSR count). The fourth-order valence-corrected chi connectivity index (χ4v) is 3.66. The number of hydrogen-bond donors (Lipinski definition) is 3. The molecule has 0 spiro atoms. The van der Waals surface area contributed by atoms with Crippen molar-refractivity contribution in [1.29, 1.82) is 0 Å². The van der Waals surface area contributed by atoms with Crippen LogP contribution in [0.3, 0.4) is 0 Å². The zero-order chi connectivity index (χ0) is 22.1. The number of carbonyl (C=O) groups is 2. The maximum absolute atomic E-state index is 12.4. The van der Waals surface area contributed by atoms with Crippen LogP contribution in [-0.2, 0) is 11.3 Å². The Labute approximate surface area is 183 Å². The highest BCUT2D eigenvalue weighted by Crippen LogP contribution is 2.14. The van der Waals surface area contributed by atoms with Crippen LogP contribution in [0.5, 0.6) is 0 Å². The van der Waals surface area contributed by atoms with Crippen molar-refractivity contribution in [2.24, 2.45) is 5.92 Å². The smallest absolute Gasteiger partial charge is 0.315 e. The summed E-state index contributed by atoms with van der Waals surface area (Å²) < 4.78 is 10.6. The highest BCUT2D eigenvalue weighted by atomic mass is 16.5. The summed E-state index contributed by atoms with van der Waals surface area (Å²) in [6.45, 7) is 8.65. The lowest BCUT2D eigenvalue weighted by Crippen LogP contribution is -2.50. The maximum Gasteiger partial charge on any atom is 0.315 e. The van der Waals surface area contributed by atoms with Gasteiger partial charge in [-0.2, -0.15) is 0 Å². The van der Waals surface area contributed by atoms with Gasteiger partial charge in [-0.15, -0.1) is 0 Å². The minimum atomic E-state index is -0.313. The van der Waals surface area contributed by atoms with E-state index in [9.17, 15) is 9.59 Å². The van der Waals surface area contributed by atoms with Gasteiger partial charge >= 0.3 is 6.03 Å². The second-order valence-electron chi connectivity index (χ2n) is 8.13. The first-order chi connectivity index (χ1) is 15.0. The van der Waals surface area contributed by atoms with Crippen molar-refractivity contribution in [3.8, 4) is 0 Å². The number of morpholine rings is 1. The zero-order valence-electron chi connectivity index (χ0n) is 18.2. The van der Waals surface area contributed by atoms with Crippen molar-refractivity contribution < 1.29 is 18.7 Å². The molecule has 3 amide bonds. The summed E-state index contributed by atoms with van der Waals surface area (Å²) in [5.74, 6) is 0.489. The van der Waals surface area contributed by atoms with Crippen LogP contribution in [0.4, 0.5) is 10.5 Å². The third kappa shape index (κ3) is 7.41. The quantitative estimate of drug-likeness (QED) is 0.570. The zero-order valence-corrected chi connectivity index (χ0v) is 18.2. The van der Waals surface area contributed by atoms with Crippen LogP contribution in [0.25, 0.3) is 0 Å². The van der Waals surface area contributed by atoms with E-state index in [0.717, 1.165) is 38.3 Å². The average molecular weight is 429 g/mol. The number of urea groups is 1. The number of hydrogen-bond acceptors (Lipinski definition) is 5. The fourth-order valence-electron chi connectivity index (χ4n) is 3.66. The monoisotopic (exact) mass is 428 g/mol. The van der Waals surface area contributed by atoms with E-state index in [1.807, 2.05) is 18.2 Å². The van der Waals surface area contributed by atoms with Gasteiger partial charge < -0.3 is 25.1 Å². The maximum atomic E-state index is 12.4.